The molecule has 0 saturated carbocycles. The van der Waals surface area contributed by atoms with Crippen LogP contribution in [-0.2, 0) is 17.9 Å². The minimum atomic E-state index is -0.455. The molecule has 1 N–H and O–H groups in total. The number of rotatable bonds is 8. The lowest BCUT2D eigenvalue weighted by molar-refractivity contribution is -0.00570. The Kier molecular flexibility index (Phi) is 6.62. The van der Waals surface area contributed by atoms with Crippen LogP contribution in [0.1, 0.15) is 30.4 Å². The van der Waals surface area contributed by atoms with Gasteiger partial charge in [0.15, 0.2) is 0 Å². The SMILES string of the molecule is Cc1cnn(C[C@H]2CCCCN2C[C@H](O)COCc2ccccc2)c1. The number of aliphatic hydroxyl groups excluding tert-OH is 1. The number of piperidine rings is 1. The second kappa shape index (κ2) is 9.13. The van der Waals surface area contributed by atoms with Gasteiger partial charge in [-0.05, 0) is 37.4 Å². The molecule has 3 rings (SSSR count). The summed E-state index contributed by atoms with van der Waals surface area (Å²) in [5.41, 5.74) is 2.33. The molecule has 0 radical (unpaired) electrons. The molecule has 0 bridgehead atoms. The number of β-amino-alcohol motifs (C(OH)–C–C–N with tert-alkyl or cyclic N) is 1. The number of likely N-dealkylation sites (tertiary alicyclic amines) is 1. The van der Waals surface area contributed by atoms with Gasteiger partial charge in [0.1, 0.15) is 0 Å². The maximum Gasteiger partial charge on any atom is 0.0900 e. The van der Waals surface area contributed by atoms with E-state index in [1.807, 2.05) is 41.2 Å². The standard InChI is InChI=1S/C20H29N3O2/c1-17-11-21-23(12-17)13-19-9-5-6-10-22(19)14-20(24)16-25-15-18-7-3-2-4-8-18/h2-4,7-8,11-12,19-20,24H,5-6,9-10,13-16H2,1H3/t19-,20+/m1/s1. The summed E-state index contributed by atoms with van der Waals surface area (Å²) in [4.78, 5) is 2.40. The van der Waals surface area contributed by atoms with Gasteiger partial charge in [0.25, 0.3) is 0 Å². The summed E-state index contributed by atoms with van der Waals surface area (Å²) < 4.78 is 7.71. The molecular weight excluding hydrogens is 314 g/mol. The van der Waals surface area contributed by atoms with Crippen molar-refractivity contribution < 1.29 is 9.84 Å². The van der Waals surface area contributed by atoms with Crippen LogP contribution in [0.5, 0.6) is 0 Å². The summed E-state index contributed by atoms with van der Waals surface area (Å²) in [6, 6.07) is 10.5. The number of benzene rings is 1. The van der Waals surface area contributed by atoms with E-state index in [0.717, 1.165) is 25.1 Å². The van der Waals surface area contributed by atoms with Crippen molar-refractivity contribution in [1.29, 1.82) is 0 Å². The lowest BCUT2D eigenvalue weighted by Crippen LogP contribution is -2.46. The zero-order chi connectivity index (χ0) is 17.5. The van der Waals surface area contributed by atoms with Crippen molar-refractivity contribution in [3.05, 3.63) is 53.9 Å². The zero-order valence-corrected chi connectivity index (χ0v) is 15.1. The van der Waals surface area contributed by atoms with Crippen LogP contribution in [0, 0.1) is 6.92 Å². The average molecular weight is 343 g/mol. The number of hydrogen-bond acceptors (Lipinski definition) is 4. The number of hydrogen-bond donors (Lipinski definition) is 1. The first-order valence-corrected chi connectivity index (χ1v) is 9.23. The largest absolute Gasteiger partial charge is 0.389 e. The summed E-state index contributed by atoms with van der Waals surface area (Å²) in [5, 5.41) is 14.8. The highest BCUT2D eigenvalue weighted by Crippen LogP contribution is 2.19. The van der Waals surface area contributed by atoms with Gasteiger partial charge in [0.05, 0.1) is 32.1 Å². The quantitative estimate of drug-likeness (QED) is 0.800. The average Bonchev–Trinajstić information content (AvgIpc) is 3.02. The van der Waals surface area contributed by atoms with Crippen LogP contribution < -0.4 is 0 Å². The van der Waals surface area contributed by atoms with E-state index in [1.54, 1.807) is 0 Å². The van der Waals surface area contributed by atoms with E-state index < -0.39 is 6.10 Å². The van der Waals surface area contributed by atoms with Crippen molar-refractivity contribution in [3.63, 3.8) is 0 Å². The van der Waals surface area contributed by atoms with Crippen molar-refractivity contribution >= 4 is 0 Å². The topological polar surface area (TPSA) is 50.5 Å². The summed E-state index contributed by atoms with van der Waals surface area (Å²) in [6.07, 6.45) is 7.15. The molecule has 1 fully saturated rings. The number of aromatic nitrogens is 2. The molecule has 25 heavy (non-hydrogen) atoms. The van der Waals surface area contributed by atoms with Crippen molar-refractivity contribution in [2.24, 2.45) is 0 Å². The molecule has 0 unspecified atom stereocenters. The third kappa shape index (κ3) is 5.66. The second-order valence-electron chi connectivity index (χ2n) is 7.04. The third-order valence-electron chi connectivity index (χ3n) is 4.78. The Morgan fingerprint density at radius 2 is 2.12 bits per heavy atom. The van der Waals surface area contributed by atoms with Crippen LogP contribution in [0.4, 0.5) is 0 Å². The van der Waals surface area contributed by atoms with E-state index >= 15 is 0 Å². The first kappa shape index (κ1) is 18.1. The minimum Gasteiger partial charge on any atom is -0.389 e. The van der Waals surface area contributed by atoms with E-state index in [9.17, 15) is 5.11 Å². The van der Waals surface area contributed by atoms with Gasteiger partial charge in [-0.2, -0.15) is 5.10 Å². The first-order chi connectivity index (χ1) is 12.2. The van der Waals surface area contributed by atoms with Crippen LogP contribution >= 0.6 is 0 Å². The van der Waals surface area contributed by atoms with Crippen LogP contribution in [-0.4, -0.2) is 51.6 Å². The molecule has 1 aromatic heterocycles. The third-order valence-corrected chi connectivity index (χ3v) is 4.78. The molecule has 5 heteroatoms. The Morgan fingerprint density at radius 3 is 2.88 bits per heavy atom. The highest BCUT2D eigenvalue weighted by molar-refractivity contribution is 5.13. The molecular formula is C20H29N3O2. The van der Waals surface area contributed by atoms with Gasteiger partial charge in [0, 0.05) is 18.8 Å². The van der Waals surface area contributed by atoms with Gasteiger partial charge in [-0.15, -0.1) is 0 Å². The van der Waals surface area contributed by atoms with Gasteiger partial charge in [-0.25, -0.2) is 0 Å². The molecule has 136 valence electrons. The minimum absolute atomic E-state index is 0.374. The van der Waals surface area contributed by atoms with E-state index in [0.29, 0.717) is 25.8 Å². The second-order valence-corrected chi connectivity index (χ2v) is 7.04. The molecule has 0 amide bonds. The van der Waals surface area contributed by atoms with E-state index in [-0.39, 0.29) is 0 Å². The Balaban J connectivity index is 1.45. The van der Waals surface area contributed by atoms with E-state index in [2.05, 4.69) is 23.1 Å². The van der Waals surface area contributed by atoms with Gasteiger partial charge in [-0.3, -0.25) is 9.58 Å². The lowest BCUT2D eigenvalue weighted by Gasteiger charge is -2.36. The maximum absolute atomic E-state index is 10.4. The Hall–Kier alpha value is -1.69. The van der Waals surface area contributed by atoms with Crippen LogP contribution in [0.25, 0.3) is 0 Å². The Morgan fingerprint density at radius 1 is 1.28 bits per heavy atom. The maximum atomic E-state index is 10.4. The van der Waals surface area contributed by atoms with Crippen LogP contribution in [0.15, 0.2) is 42.7 Å². The molecule has 2 atom stereocenters. The number of ether oxygens (including phenoxy) is 1. The molecule has 5 nitrogen and oxygen atoms in total. The van der Waals surface area contributed by atoms with Crippen molar-refractivity contribution in [1.82, 2.24) is 14.7 Å². The number of aliphatic hydroxyl groups is 1. The normalized spacial score (nSPS) is 19.8. The van der Waals surface area contributed by atoms with Crippen LogP contribution in [0.2, 0.25) is 0 Å². The molecule has 1 aliphatic rings. The van der Waals surface area contributed by atoms with Crippen LogP contribution in [0.3, 0.4) is 0 Å². The molecule has 1 aliphatic heterocycles. The fourth-order valence-electron chi connectivity index (χ4n) is 3.50. The molecule has 0 aliphatic carbocycles. The lowest BCUT2D eigenvalue weighted by atomic mass is 10.0. The molecule has 1 saturated heterocycles. The zero-order valence-electron chi connectivity index (χ0n) is 15.1. The fourth-order valence-corrected chi connectivity index (χ4v) is 3.50. The predicted molar refractivity (Wildman–Crippen MR) is 98.3 cm³/mol. The monoisotopic (exact) mass is 343 g/mol. The fraction of sp³-hybridized carbons (Fsp3) is 0.550. The molecule has 2 heterocycles. The van der Waals surface area contributed by atoms with Crippen molar-refractivity contribution in [2.45, 2.75) is 51.5 Å². The Bertz CT molecular complexity index is 629. The number of nitrogens with zero attached hydrogens (tertiary/aromatic N) is 3. The smallest absolute Gasteiger partial charge is 0.0900 e. The number of aryl methyl sites for hydroxylation is 1. The van der Waals surface area contributed by atoms with Crippen molar-refractivity contribution in [3.8, 4) is 0 Å². The predicted octanol–water partition coefficient (Wildman–Crippen LogP) is 2.62. The molecule has 1 aromatic carbocycles. The van der Waals surface area contributed by atoms with Gasteiger partial charge in [0.2, 0.25) is 0 Å². The van der Waals surface area contributed by atoms with Crippen molar-refractivity contribution in [2.75, 3.05) is 19.7 Å². The Labute approximate surface area is 150 Å². The summed E-state index contributed by atoms with van der Waals surface area (Å²) >= 11 is 0. The van der Waals surface area contributed by atoms with Gasteiger partial charge >= 0.3 is 0 Å². The molecule has 0 spiro atoms. The highest BCUT2D eigenvalue weighted by atomic mass is 16.5. The first-order valence-electron chi connectivity index (χ1n) is 9.23. The molecule has 2 aromatic rings. The van der Waals surface area contributed by atoms with E-state index in [4.69, 9.17) is 4.74 Å². The highest BCUT2D eigenvalue weighted by Gasteiger charge is 2.25. The van der Waals surface area contributed by atoms with Gasteiger partial charge in [-0.1, -0.05) is 36.8 Å². The summed E-state index contributed by atoms with van der Waals surface area (Å²) in [5.74, 6) is 0. The summed E-state index contributed by atoms with van der Waals surface area (Å²) in [7, 11) is 0. The summed E-state index contributed by atoms with van der Waals surface area (Å²) in [6.45, 7) is 5.59. The van der Waals surface area contributed by atoms with Gasteiger partial charge < -0.3 is 9.84 Å². The van der Waals surface area contributed by atoms with E-state index in [1.165, 1.54) is 18.4 Å².